The van der Waals surface area contributed by atoms with Crippen LogP contribution in [0.15, 0.2) is 18.2 Å². The fraction of sp³-hybridized carbons (Fsp3) is 0.273. The van der Waals surface area contributed by atoms with Gasteiger partial charge in [-0.05, 0) is 46.4 Å². The van der Waals surface area contributed by atoms with E-state index in [4.69, 9.17) is 5.11 Å². The Morgan fingerprint density at radius 2 is 1.95 bits per heavy atom. The molecule has 1 atom stereocenters. The van der Waals surface area contributed by atoms with Crippen LogP contribution in [0.5, 0.6) is 0 Å². The van der Waals surface area contributed by atoms with Gasteiger partial charge in [0.2, 0.25) is 0 Å². The normalized spacial score (nSPS) is 12.8. The zero-order chi connectivity index (χ0) is 15.5. The number of nitrogens with one attached hydrogen (secondary N) is 1. The molecule has 2 N–H and O–H groups in total. The maximum atomic E-state index is 13.4. The number of carboxylic acids is 1. The first kappa shape index (κ1) is 16.7. The molecule has 0 aromatic heterocycles. The Labute approximate surface area is 124 Å². The van der Waals surface area contributed by atoms with Crippen LogP contribution in [-0.4, -0.2) is 29.2 Å². The second-order valence-electron chi connectivity index (χ2n) is 3.80. The van der Waals surface area contributed by atoms with E-state index in [-0.39, 0.29) is 5.56 Å². The molecule has 0 heterocycles. The van der Waals surface area contributed by atoms with Crippen LogP contribution in [0.25, 0.3) is 0 Å². The Kier molecular flexibility index (Phi) is 5.31. The third kappa shape index (κ3) is 4.62. The first-order valence-electron chi connectivity index (χ1n) is 5.15. The molecule has 0 saturated heterocycles. The molecule has 1 rings (SSSR count). The summed E-state index contributed by atoms with van der Waals surface area (Å²) in [6.07, 6.45) is -5.78. The lowest BCUT2D eigenvalue weighted by atomic mass is 10.1. The Morgan fingerprint density at radius 1 is 1.35 bits per heavy atom. The van der Waals surface area contributed by atoms with Gasteiger partial charge in [0.15, 0.2) is 0 Å². The molecule has 0 aliphatic rings. The maximum Gasteiger partial charge on any atom is 0.471 e. The van der Waals surface area contributed by atoms with Gasteiger partial charge in [-0.25, -0.2) is 9.18 Å². The molecule has 9 heteroatoms. The summed E-state index contributed by atoms with van der Waals surface area (Å²) in [5, 5.41) is 10.1. The van der Waals surface area contributed by atoms with Gasteiger partial charge >= 0.3 is 18.1 Å². The Hall–Kier alpha value is -1.39. The minimum Gasteiger partial charge on any atom is -0.480 e. The Bertz CT molecular complexity index is 533. The van der Waals surface area contributed by atoms with Crippen LogP contribution in [0.4, 0.5) is 17.6 Å². The van der Waals surface area contributed by atoms with E-state index < -0.39 is 36.3 Å². The molecule has 20 heavy (non-hydrogen) atoms. The highest BCUT2D eigenvalue weighted by molar-refractivity contribution is 14.1. The molecule has 1 unspecified atom stereocenters. The average molecular weight is 405 g/mol. The number of rotatable bonds is 4. The van der Waals surface area contributed by atoms with Gasteiger partial charge in [-0.2, -0.15) is 13.2 Å². The van der Waals surface area contributed by atoms with E-state index in [1.54, 1.807) is 0 Å². The Morgan fingerprint density at radius 3 is 2.45 bits per heavy atom. The molecule has 0 radical (unpaired) electrons. The lowest BCUT2D eigenvalue weighted by Gasteiger charge is -2.16. The van der Waals surface area contributed by atoms with Crippen molar-refractivity contribution in [3.63, 3.8) is 0 Å². The van der Waals surface area contributed by atoms with E-state index in [0.29, 0.717) is 3.57 Å². The third-order valence-electron chi connectivity index (χ3n) is 2.29. The van der Waals surface area contributed by atoms with Crippen molar-refractivity contribution < 1.29 is 32.3 Å². The van der Waals surface area contributed by atoms with Crippen molar-refractivity contribution in [2.75, 3.05) is 0 Å². The van der Waals surface area contributed by atoms with Gasteiger partial charge in [0, 0.05) is 9.99 Å². The van der Waals surface area contributed by atoms with Crippen LogP contribution in [-0.2, 0) is 16.0 Å². The van der Waals surface area contributed by atoms with E-state index in [0.717, 1.165) is 6.07 Å². The summed E-state index contributed by atoms with van der Waals surface area (Å²) >= 11 is 1.84. The van der Waals surface area contributed by atoms with Crippen LogP contribution >= 0.6 is 22.6 Å². The fourth-order valence-corrected chi connectivity index (χ4v) is 1.92. The third-order valence-corrected chi connectivity index (χ3v) is 2.96. The number of hydrogen-bond acceptors (Lipinski definition) is 2. The highest BCUT2D eigenvalue weighted by Gasteiger charge is 2.40. The summed E-state index contributed by atoms with van der Waals surface area (Å²) in [7, 11) is 0. The van der Waals surface area contributed by atoms with Crippen molar-refractivity contribution in [1.82, 2.24) is 5.32 Å². The lowest BCUT2D eigenvalue weighted by molar-refractivity contribution is -0.175. The molecule has 0 spiro atoms. The summed E-state index contributed by atoms with van der Waals surface area (Å²) in [5.41, 5.74) is -0.0909. The zero-order valence-corrected chi connectivity index (χ0v) is 11.8. The van der Waals surface area contributed by atoms with Gasteiger partial charge in [-0.15, -0.1) is 0 Å². The van der Waals surface area contributed by atoms with E-state index in [9.17, 15) is 27.2 Å². The minimum atomic E-state index is -5.20. The van der Waals surface area contributed by atoms with Crippen molar-refractivity contribution in [3.05, 3.63) is 33.1 Å². The van der Waals surface area contributed by atoms with Gasteiger partial charge in [0.05, 0.1) is 0 Å². The molecular formula is C11H8F4INO3. The molecule has 0 aliphatic carbocycles. The second kappa shape index (κ2) is 6.37. The van der Waals surface area contributed by atoms with Crippen molar-refractivity contribution in [2.24, 2.45) is 0 Å². The van der Waals surface area contributed by atoms with E-state index in [1.807, 2.05) is 22.6 Å². The maximum absolute atomic E-state index is 13.4. The number of amides is 1. The number of hydrogen-bond donors (Lipinski definition) is 2. The molecular weight excluding hydrogens is 397 g/mol. The second-order valence-corrected chi connectivity index (χ2v) is 5.05. The van der Waals surface area contributed by atoms with Gasteiger partial charge in [-0.1, -0.05) is 0 Å². The van der Waals surface area contributed by atoms with Crippen LogP contribution in [0.2, 0.25) is 0 Å². The number of alkyl halides is 3. The van der Waals surface area contributed by atoms with E-state index in [2.05, 4.69) is 0 Å². The number of benzene rings is 1. The standard InChI is InChI=1S/C11H8F4INO3/c12-7-2-1-6(16)3-5(7)4-8(9(18)19)17-10(20)11(13,14)15/h1-3,8H,4H2,(H,17,20)(H,18,19). The van der Waals surface area contributed by atoms with Crippen LogP contribution in [0.3, 0.4) is 0 Å². The van der Waals surface area contributed by atoms with Crippen LogP contribution in [0.1, 0.15) is 5.56 Å². The molecule has 1 aromatic carbocycles. The molecule has 0 aliphatic heterocycles. The predicted molar refractivity (Wildman–Crippen MR) is 68.4 cm³/mol. The molecule has 0 bridgehead atoms. The van der Waals surface area contributed by atoms with Gasteiger partial charge < -0.3 is 10.4 Å². The van der Waals surface area contributed by atoms with Gasteiger partial charge in [0.1, 0.15) is 11.9 Å². The molecule has 0 saturated carbocycles. The number of halogens is 5. The summed E-state index contributed by atoms with van der Waals surface area (Å²) in [6.45, 7) is 0. The van der Waals surface area contributed by atoms with E-state index in [1.165, 1.54) is 17.4 Å². The smallest absolute Gasteiger partial charge is 0.471 e. The van der Waals surface area contributed by atoms with Gasteiger partial charge in [-0.3, -0.25) is 4.79 Å². The predicted octanol–water partition coefficient (Wildman–Crippen LogP) is 2.10. The Balaban J connectivity index is 2.91. The topological polar surface area (TPSA) is 66.4 Å². The number of carbonyl (C=O) groups excluding carboxylic acids is 1. The minimum absolute atomic E-state index is 0.0909. The van der Waals surface area contributed by atoms with Crippen molar-refractivity contribution in [3.8, 4) is 0 Å². The summed E-state index contributed by atoms with van der Waals surface area (Å²) in [4.78, 5) is 21.6. The van der Waals surface area contributed by atoms with Crippen LogP contribution in [0, 0.1) is 9.39 Å². The first-order chi connectivity index (χ1) is 9.11. The first-order valence-corrected chi connectivity index (χ1v) is 6.23. The molecule has 4 nitrogen and oxygen atoms in total. The quantitative estimate of drug-likeness (QED) is 0.596. The number of aliphatic carboxylic acids is 1. The van der Waals surface area contributed by atoms with Crippen molar-refractivity contribution in [1.29, 1.82) is 0 Å². The summed E-state index contributed by atoms with van der Waals surface area (Å²) in [6, 6.07) is 1.92. The number of carbonyl (C=O) groups is 2. The highest BCUT2D eigenvalue weighted by atomic mass is 127. The largest absolute Gasteiger partial charge is 0.480 e. The molecule has 110 valence electrons. The lowest BCUT2D eigenvalue weighted by Crippen LogP contribution is -2.48. The highest BCUT2D eigenvalue weighted by Crippen LogP contribution is 2.17. The summed E-state index contributed by atoms with van der Waals surface area (Å²) in [5.74, 6) is -4.81. The SMILES string of the molecule is O=C(O)C(Cc1cc(I)ccc1F)NC(=O)C(F)(F)F. The molecule has 1 amide bonds. The van der Waals surface area contributed by atoms with Gasteiger partial charge in [0.25, 0.3) is 0 Å². The zero-order valence-electron chi connectivity index (χ0n) is 9.67. The van der Waals surface area contributed by atoms with Crippen LogP contribution < -0.4 is 5.32 Å². The monoisotopic (exact) mass is 405 g/mol. The average Bonchev–Trinajstić information content (AvgIpc) is 2.31. The molecule has 1 aromatic rings. The number of carboxylic acid groups (broad SMARTS) is 1. The molecule has 0 fully saturated rings. The van der Waals surface area contributed by atoms with Crippen molar-refractivity contribution >= 4 is 34.5 Å². The van der Waals surface area contributed by atoms with Crippen molar-refractivity contribution in [2.45, 2.75) is 18.6 Å². The van der Waals surface area contributed by atoms with E-state index >= 15 is 0 Å². The fourth-order valence-electron chi connectivity index (χ4n) is 1.36. The summed E-state index contributed by atoms with van der Waals surface area (Å²) < 4.78 is 50.2.